The summed E-state index contributed by atoms with van der Waals surface area (Å²) < 4.78 is 7.35. The number of carbonyl (C=O) groups is 1. The lowest BCUT2D eigenvalue weighted by Gasteiger charge is -2.15. The van der Waals surface area contributed by atoms with Gasteiger partial charge in [0.25, 0.3) is 5.91 Å². The molecular formula is C21H18ClN5O2. The van der Waals surface area contributed by atoms with Crippen LogP contribution in [0.2, 0.25) is 5.02 Å². The molecular weight excluding hydrogens is 390 g/mol. The third-order valence-corrected chi connectivity index (χ3v) is 4.56. The number of hydrogen-bond donors (Lipinski definition) is 1. The Kier molecular flexibility index (Phi) is 5.14. The smallest absolute Gasteiger partial charge is 0.265 e. The molecule has 0 aliphatic heterocycles. The zero-order valence-corrected chi connectivity index (χ0v) is 16.6. The Morgan fingerprint density at radius 1 is 1.10 bits per heavy atom. The number of fused-ring (bicyclic) bond motifs is 1. The van der Waals surface area contributed by atoms with Crippen molar-refractivity contribution in [2.45, 2.75) is 20.0 Å². The highest BCUT2D eigenvalue weighted by Crippen LogP contribution is 2.22. The summed E-state index contributed by atoms with van der Waals surface area (Å²) in [5.41, 5.74) is 2.94. The van der Waals surface area contributed by atoms with Gasteiger partial charge in [0.2, 0.25) is 0 Å². The first-order chi connectivity index (χ1) is 14.0. The molecule has 2 aromatic carbocycles. The Balaban J connectivity index is 1.50. The maximum atomic E-state index is 12.5. The number of rotatable bonds is 5. The minimum Gasteiger partial charge on any atom is -0.481 e. The summed E-state index contributed by atoms with van der Waals surface area (Å²) in [5, 5.41) is 16.1. The number of aryl methyl sites for hydroxylation is 1. The molecule has 2 aromatic heterocycles. The van der Waals surface area contributed by atoms with Gasteiger partial charge >= 0.3 is 0 Å². The monoisotopic (exact) mass is 407 g/mol. The van der Waals surface area contributed by atoms with E-state index in [0.29, 0.717) is 27.9 Å². The molecule has 1 N–H and O–H groups in total. The molecule has 0 radical (unpaired) electrons. The van der Waals surface area contributed by atoms with Crippen LogP contribution in [0.25, 0.3) is 16.9 Å². The van der Waals surface area contributed by atoms with E-state index in [0.717, 1.165) is 11.3 Å². The summed E-state index contributed by atoms with van der Waals surface area (Å²) in [5.74, 6) is 0.981. The van der Waals surface area contributed by atoms with E-state index in [1.54, 1.807) is 35.7 Å². The molecule has 4 aromatic rings. The zero-order chi connectivity index (χ0) is 20.4. The van der Waals surface area contributed by atoms with Crippen molar-refractivity contribution in [2.75, 3.05) is 5.32 Å². The maximum absolute atomic E-state index is 12.5. The van der Waals surface area contributed by atoms with Gasteiger partial charge in [-0.25, -0.2) is 0 Å². The number of nitrogens with one attached hydrogen (secondary N) is 1. The average molecular weight is 408 g/mol. The van der Waals surface area contributed by atoms with Gasteiger partial charge in [-0.2, -0.15) is 9.61 Å². The summed E-state index contributed by atoms with van der Waals surface area (Å²) in [4.78, 5) is 12.5. The largest absolute Gasteiger partial charge is 0.481 e. The number of nitrogens with zero attached hydrogens (tertiary/aromatic N) is 4. The molecule has 29 heavy (non-hydrogen) atoms. The predicted molar refractivity (Wildman–Crippen MR) is 111 cm³/mol. The van der Waals surface area contributed by atoms with Crippen LogP contribution in [-0.2, 0) is 4.79 Å². The Labute approximate surface area is 172 Å². The van der Waals surface area contributed by atoms with Gasteiger partial charge in [0.15, 0.2) is 17.6 Å². The maximum Gasteiger partial charge on any atom is 0.265 e. The molecule has 0 fully saturated rings. The molecule has 0 bridgehead atoms. The molecule has 2 heterocycles. The molecule has 0 aliphatic rings. The third-order valence-electron chi connectivity index (χ3n) is 4.32. The molecule has 0 spiro atoms. The van der Waals surface area contributed by atoms with Crippen LogP contribution >= 0.6 is 11.6 Å². The van der Waals surface area contributed by atoms with Gasteiger partial charge in [-0.15, -0.1) is 10.2 Å². The van der Waals surface area contributed by atoms with Crippen molar-refractivity contribution in [2.24, 2.45) is 0 Å². The van der Waals surface area contributed by atoms with Crippen molar-refractivity contribution in [1.82, 2.24) is 19.8 Å². The zero-order valence-electron chi connectivity index (χ0n) is 15.8. The molecule has 0 saturated heterocycles. The highest BCUT2D eigenvalue weighted by atomic mass is 35.5. The van der Waals surface area contributed by atoms with E-state index in [9.17, 15) is 4.79 Å². The second-order valence-corrected chi connectivity index (χ2v) is 6.96. The summed E-state index contributed by atoms with van der Waals surface area (Å²) in [6.07, 6.45) is -0.689. The Morgan fingerprint density at radius 3 is 2.76 bits per heavy atom. The van der Waals surface area contributed by atoms with Crippen LogP contribution in [-0.4, -0.2) is 31.8 Å². The molecule has 1 unspecified atom stereocenters. The number of amides is 1. The normalized spacial score (nSPS) is 12.0. The first-order valence-corrected chi connectivity index (χ1v) is 9.40. The van der Waals surface area contributed by atoms with E-state index in [2.05, 4.69) is 20.6 Å². The van der Waals surface area contributed by atoms with Gasteiger partial charge in [0.05, 0.1) is 5.69 Å². The lowest BCUT2D eigenvalue weighted by Crippen LogP contribution is -2.30. The van der Waals surface area contributed by atoms with Gasteiger partial charge < -0.3 is 10.1 Å². The fraction of sp³-hybridized carbons (Fsp3) is 0.143. The highest BCUT2D eigenvalue weighted by molar-refractivity contribution is 6.30. The standard InChI is InChI=1S/C21H18ClN5O2/c1-13(29-18-8-4-6-16(22)12-18)21(28)23-17-7-3-5-15(11-17)19-9-10-20-25-24-14(2)27(20)26-19/h3-13H,1-2H3,(H,23,28). The van der Waals surface area contributed by atoms with Crippen molar-refractivity contribution in [3.05, 3.63) is 71.5 Å². The first-order valence-electron chi connectivity index (χ1n) is 9.02. The molecule has 146 valence electrons. The van der Waals surface area contributed by atoms with Gasteiger partial charge in [-0.1, -0.05) is 29.8 Å². The van der Waals surface area contributed by atoms with Crippen molar-refractivity contribution in [3.63, 3.8) is 0 Å². The topological polar surface area (TPSA) is 81.4 Å². The summed E-state index contributed by atoms with van der Waals surface area (Å²) in [7, 11) is 0. The fourth-order valence-electron chi connectivity index (χ4n) is 2.85. The van der Waals surface area contributed by atoms with E-state index in [1.807, 2.05) is 43.3 Å². The van der Waals surface area contributed by atoms with Crippen LogP contribution in [0.3, 0.4) is 0 Å². The number of aromatic nitrogens is 4. The SMILES string of the molecule is Cc1nnc2ccc(-c3cccc(NC(=O)C(C)Oc4cccc(Cl)c4)c3)nn12. The van der Waals surface area contributed by atoms with Crippen LogP contribution in [0.5, 0.6) is 5.75 Å². The Hall–Kier alpha value is -3.45. The third kappa shape index (κ3) is 4.20. The number of carbonyl (C=O) groups excluding carboxylic acids is 1. The highest BCUT2D eigenvalue weighted by Gasteiger charge is 2.15. The van der Waals surface area contributed by atoms with Gasteiger partial charge in [-0.3, -0.25) is 4.79 Å². The van der Waals surface area contributed by atoms with Gasteiger partial charge in [0, 0.05) is 16.3 Å². The summed E-state index contributed by atoms with van der Waals surface area (Å²) >= 11 is 5.96. The average Bonchev–Trinajstić information content (AvgIpc) is 3.08. The summed E-state index contributed by atoms with van der Waals surface area (Å²) in [6.45, 7) is 3.53. The minimum absolute atomic E-state index is 0.264. The lowest BCUT2D eigenvalue weighted by molar-refractivity contribution is -0.122. The number of anilines is 1. The number of hydrogen-bond acceptors (Lipinski definition) is 5. The van der Waals surface area contributed by atoms with E-state index in [1.165, 1.54) is 0 Å². The molecule has 8 heteroatoms. The van der Waals surface area contributed by atoms with E-state index in [-0.39, 0.29) is 5.91 Å². The summed E-state index contributed by atoms with van der Waals surface area (Å²) in [6, 6.07) is 18.1. The Morgan fingerprint density at radius 2 is 1.93 bits per heavy atom. The molecule has 0 saturated carbocycles. The molecule has 7 nitrogen and oxygen atoms in total. The number of halogens is 1. The van der Waals surface area contributed by atoms with Crippen molar-refractivity contribution in [1.29, 1.82) is 0 Å². The second-order valence-electron chi connectivity index (χ2n) is 6.52. The minimum atomic E-state index is -0.689. The van der Waals surface area contributed by atoms with Crippen molar-refractivity contribution < 1.29 is 9.53 Å². The van der Waals surface area contributed by atoms with Crippen LogP contribution in [0.15, 0.2) is 60.7 Å². The molecule has 0 aliphatic carbocycles. The van der Waals surface area contributed by atoms with Crippen LogP contribution in [0.4, 0.5) is 5.69 Å². The van der Waals surface area contributed by atoms with Crippen molar-refractivity contribution in [3.8, 4) is 17.0 Å². The second kappa shape index (κ2) is 7.89. The fourth-order valence-corrected chi connectivity index (χ4v) is 3.03. The molecule has 1 amide bonds. The number of benzene rings is 2. The molecule has 4 rings (SSSR count). The van der Waals surface area contributed by atoms with E-state index < -0.39 is 6.10 Å². The van der Waals surface area contributed by atoms with Crippen LogP contribution in [0, 0.1) is 6.92 Å². The first kappa shape index (κ1) is 18.9. The van der Waals surface area contributed by atoms with Gasteiger partial charge in [-0.05, 0) is 56.3 Å². The van der Waals surface area contributed by atoms with E-state index >= 15 is 0 Å². The van der Waals surface area contributed by atoms with Gasteiger partial charge in [0.1, 0.15) is 5.75 Å². The van der Waals surface area contributed by atoms with Crippen LogP contribution in [0.1, 0.15) is 12.7 Å². The molecule has 1 atom stereocenters. The Bertz CT molecular complexity index is 1190. The van der Waals surface area contributed by atoms with E-state index in [4.69, 9.17) is 16.3 Å². The number of ether oxygens (including phenoxy) is 1. The lowest BCUT2D eigenvalue weighted by atomic mass is 10.1. The van der Waals surface area contributed by atoms with Crippen molar-refractivity contribution >= 4 is 28.8 Å². The quantitative estimate of drug-likeness (QED) is 0.537. The van der Waals surface area contributed by atoms with Crippen LogP contribution < -0.4 is 10.1 Å². The predicted octanol–water partition coefficient (Wildman–Crippen LogP) is 4.16.